The number of carbonyl (C=O) groups is 2. The van der Waals surface area contributed by atoms with E-state index < -0.39 is 0 Å². The first-order chi connectivity index (χ1) is 15.8. The van der Waals surface area contributed by atoms with Crippen LogP contribution in [0, 0.1) is 6.92 Å². The molecule has 0 saturated heterocycles. The molecule has 0 fully saturated rings. The molecule has 0 spiro atoms. The second kappa shape index (κ2) is 9.75. The maximum Gasteiger partial charge on any atom is 0.283 e. The number of hydrogen-bond acceptors (Lipinski definition) is 4. The summed E-state index contributed by atoms with van der Waals surface area (Å²) in [5.41, 5.74) is 6.26. The van der Waals surface area contributed by atoms with Crippen molar-refractivity contribution in [3.63, 3.8) is 0 Å². The first kappa shape index (κ1) is 23.0. The molecule has 1 heterocycles. The third-order valence-corrected chi connectivity index (χ3v) is 6.89. The Hall–Kier alpha value is -3.19. The summed E-state index contributed by atoms with van der Waals surface area (Å²) in [6.07, 6.45) is 0. The number of aryl methyl sites for hydroxylation is 1. The largest absolute Gasteiger partial charge is 0.322 e. The topological polar surface area (TPSA) is 70.6 Å². The third kappa shape index (κ3) is 5.25. The number of nitrogens with zero attached hydrogens (tertiary/aromatic N) is 1. The molecule has 0 radical (unpaired) electrons. The molecule has 1 aromatic heterocycles. The summed E-state index contributed by atoms with van der Waals surface area (Å²) in [7, 11) is 0. The summed E-state index contributed by atoms with van der Waals surface area (Å²) < 4.78 is 0.960. The third-order valence-electron chi connectivity index (χ3n) is 4.98. The van der Waals surface area contributed by atoms with Crippen LogP contribution in [0.4, 0.5) is 5.69 Å². The Kier molecular flexibility index (Phi) is 6.79. The normalized spacial score (nSPS) is 11.5. The lowest BCUT2D eigenvalue weighted by molar-refractivity contribution is 0.0958. The molecule has 0 bridgehead atoms. The van der Waals surface area contributed by atoms with Crippen LogP contribution in [0.15, 0.2) is 71.8 Å². The van der Waals surface area contributed by atoms with Crippen LogP contribution >= 0.6 is 34.5 Å². The number of thiophene rings is 1. The Morgan fingerprint density at radius 1 is 0.879 bits per heavy atom. The van der Waals surface area contributed by atoms with Gasteiger partial charge in [-0.15, -0.1) is 11.3 Å². The van der Waals surface area contributed by atoms with Crippen LogP contribution in [0.2, 0.25) is 10.0 Å². The van der Waals surface area contributed by atoms with Gasteiger partial charge in [0.1, 0.15) is 4.88 Å². The van der Waals surface area contributed by atoms with E-state index in [-0.39, 0.29) is 11.8 Å². The molecule has 4 aromatic rings. The Bertz CT molecular complexity index is 1380. The van der Waals surface area contributed by atoms with Gasteiger partial charge in [-0.05, 0) is 67.4 Å². The van der Waals surface area contributed by atoms with Gasteiger partial charge in [-0.25, -0.2) is 5.43 Å². The van der Waals surface area contributed by atoms with E-state index in [1.54, 1.807) is 43.3 Å². The molecule has 8 heteroatoms. The average molecular weight is 496 g/mol. The van der Waals surface area contributed by atoms with Gasteiger partial charge >= 0.3 is 0 Å². The zero-order valence-corrected chi connectivity index (χ0v) is 20.1. The number of hydrogen-bond donors (Lipinski definition) is 2. The molecule has 33 heavy (non-hydrogen) atoms. The highest BCUT2D eigenvalue weighted by Gasteiger charge is 2.17. The second-order valence-electron chi connectivity index (χ2n) is 7.42. The van der Waals surface area contributed by atoms with Crippen molar-refractivity contribution >= 4 is 67.8 Å². The summed E-state index contributed by atoms with van der Waals surface area (Å²) in [4.78, 5) is 25.4. The minimum Gasteiger partial charge on any atom is -0.322 e. The zero-order valence-electron chi connectivity index (χ0n) is 17.8. The summed E-state index contributed by atoms with van der Waals surface area (Å²) in [5.74, 6) is -0.586. The highest BCUT2D eigenvalue weighted by atomic mass is 35.5. The van der Waals surface area contributed by atoms with Gasteiger partial charge < -0.3 is 5.32 Å². The number of halogens is 2. The van der Waals surface area contributed by atoms with E-state index in [2.05, 4.69) is 15.8 Å². The quantitative estimate of drug-likeness (QED) is 0.233. The number of anilines is 1. The van der Waals surface area contributed by atoms with Crippen LogP contribution in [0.25, 0.3) is 10.1 Å². The minimum atomic E-state index is -0.356. The monoisotopic (exact) mass is 495 g/mol. The standard InChI is InChI=1S/C25H19Cl2N3O2S/c1-14-3-12-20-21(13-14)33-23(22(20)27)25(32)30-29-15(2)16-6-10-19(11-7-16)28-24(31)17-4-8-18(26)9-5-17/h3-13H,1-2H3,(H,28,31)(H,30,32)/b29-15-. The summed E-state index contributed by atoms with van der Waals surface area (Å²) >= 11 is 13.6. The number of rotatable bonds is 5. The molecule has 2 N–H and O–H groups in total. The Morgan fingerprint density at radius 3 is 2.24 bits per heavy atom. The van der Waals surface area contributed by atoms with E-state index in [1.165, 1.54) is 11.3 Å². The van der Waals surface area contributed by atoms with Crippen LogP contribution in [0.3, 0.4) is 0 Å². The SMILES string of the molecule is C/C(=N/NC(=O)c1sc2cc(C)ccc2c1Cl)c1ccc(NC(=O)c2ccc(Cl)cc2)cc1. The average Bonchev–Trinajstić information content (AvgIpc) is 3.13. The lowest BCUT2D eigenvalue weighted by Gasteiger charge is -2.07. The van der Waals surface area contributed by atoms with Crippen molar-refractivity contribution in [2.24, 2.45) is 5.10 Å². The molecule has 166 valence electrons. The Balaban J connectivity index is 1.42. The fraction of sp³-hybridized carbons (Fsp3) is 0.0800. The van der Waals surface area contributed by atoms with Crippen molar-refractivity contribution in [2.75, 3.05) is 5.32 Å². The number of benzene rings is 3. The van der Waals surface area contributed by atoms with E-state index in [0.29, 0.717) is 31.9 Å². The van der Waals surface area contributed by atoms with Crippen molar-refractivity contribution in [1.29, 1.82) is 0 Å². The smallest absolute Gasteiger partial charge is 0.283 e. The van der Waals surface area contributed by atoms with Crippen molar-refractivity contribution in [1.82, 2.24) is 5.43 Å². The number of nitrogens with one attached hydrogen (secondary N) is 2. The fourth-order valence-electron chi connectivity index (χ4n) is 3.17. The first-order valence-corrected chi connectivity index (χ1v) is 11.6. The van der Waals surface area contributed by atoms with Crippen LogP contribution in [0.5, 0.6) is 0 Å². The highest BCUT2D eigenvalue weighted by molar-refractivity contribution is 7.21. The number of fused-ring (bicyclic) bond motifs is 1. The predicted molar refractivity (Wildman–Crippen MR) is 137 cm³/mol. The number of amides is 2. The molecule has 0 unspecified atom stereocenters. The van der Waals surface area contributed by atoms with E-state index in [1.807, 2.05) is 37.3 Å². The molecule has 0 atom stereocenters. The van der Waals surface area contributed by atoms with Gasteiger partial charge in [0.2, 0.25) is 0 Å². The van der Waals surface area contributed by atoms with Gasteiger partial charge in [0.15, 0.2) is 0 Å². The van der Waals surface area contributed by atoms with Gasteiger partial charge in [0.25, 0.3) is 11.8 Å². The van der Waals surface area contributed by atoms with Crippen LogP contribution in [0.1, 0.15) is 38.1 Å². The van der Waals surface area contributed by atoms with Gasteiger partial charge in [-0.2, -0.15) is 5.10 Å². The second-order valence-corrected chi connectivity index (χ2v) is 9.29. The lowest BCUT2D eigenvalue weighted by Crippen LogP contribution is -2.18. The maximum absolute atomic E-state index is 12.6. The molecule has 4 rings (SSSR count). The lowest BCUT2D eigenvalue weighted by atomic mass is 10.1. The fourth-order valence-corrected chi connectivity index (χ4v) is 4.80. The predicted octanol–water partition coefficient (Wildman–Crippen LogP) is 6.92. The molecule has 0 saturated carbocycles. The Labute approximate surface area is 205 Å². The van der Waals surface area contributed by atoms with E-state index >= 15 is 0 Å². The summed E-state index contributed by atoms with van der Waals surface area (Å²) in [6.45, 7) is 3.78. The molecular formula is C25H19Cl2N3O2S. The van der Waals surface area contributed by atoms with Crippen molar-refractivity contribution < 1.29 is 9.59 Å². The molecule has 2 amide bonds. The maximum atomic E-state index is 12.6. The zero-order chi connectivity index (χ0) is 23.5. The van der Waals surface area contributed by atoms with Gasteiger partial charge in [-0.1, -0.05) is 47.5 Å². The number of carbonyl (C=O) groups excluding carboxylic acids is 2. The highest BCUT2D eigenvalue weighted by Crippen LogP contribution is 2.35. The molecular weight excluding hydrogens is 477 g/mol. The van der Waals surface area contributed by atoms with Crippen LogP contribution < -0.4 is 10.7 Å². The molecule has 0 aliphatic heterocycles. The van der Waals surface area contributed by atoms with Gasteiger partial charge in [0, 0.05) is 26.4 Å². The van der Waals surface area contributed by atoms with E-state index in [4.69, 9.17) is 23.2 Å². The first-order valence-electron chi connectivity index (χ1n) is 10.0. The van der Waals surface area contributed by atoms with Gasteiger partial charge in [-0.3, -0.25) is 9.59 Å². The molecule has 3 aromatic carbocycles. The van der Waals surface area contributed by atoms with E-state index in [9.17, 15) is 9.59 Å². The van der Waals surface area contributed by atoms with Crippen molar-refractivity contribution in [3.05, 3.63) is 98.3 Å². The minimum absolute atomic E-state index is 0.229. The molecule has 5 nitrogen and oxygen atoms in total. The van der Waals surface area contributed by atoms with Crippen molar-refractivity contribution in [3.8, 4) is 0 Å². The number of hydrazone groups is 1. The summed E-state index contributed by atoms with van der Waals surface area (Å²) in [6, 6.07) is 19.7. The van der Waals surface area contributed by atoms with Crippen molar-refractivity contribution in [2.45, 2.75) is 13.8 Å². The van der Waals surface area contributed by atoms with Crippen LogP contribution in [-0.4, -0.2) is 17.5 Å². The van der Waals surface area contributed by atoms with Crippen LogP contribution in [-0.2, 0) is 0 Å². The molecule has 0 aliphatic carbocycles. The van der Waals surface area contributed by atoms with E-state index in [0.717, 1.165) is 21.2 Å². The molecule has 0 aliphatic rings. The summed E-state index contributed by atoms with van der Waals surface area (Å²) in [5, 5.41) is 8.90. The van der Waals surface area contributed by atoms with Gasteiger partial charge in [0.05, 0.1) is 10.7 Å². The Morgan fingerprint density at radius 2 is 1.55 bits per heavy atom.